The number of hydrogen-bond acceptors (Lipinski definition) is 2. The molecule has 2 aromatic rings. The van der Waals surface area contributed by atoms with Crippen molar-refractivity contribution in [2.45, 2.75) is 13.0 Å². The van der Waals surface area contributed by atoms with E-state index in [9.17, 15) is 9.18 Å². The van der Waals surface area contributed by atoms with Crippen LogP contribution in [0.2, 0.25) is 0 Å². The van der Waals surface area contributed by atoms with Crippen molar-refractivity contribution in [1.82, 2.24) is 4.90 Å². The first-order valence-corrected chi connectivity index (χ1v) is 6.54. The molecule has 0 aliphatic heterocycles. The zero-order chi connectivity index (χ0) is 13.1. The number of carbonyl (C=O) groups excluding carboxylic acids is 1. The fraction of sp³-hybridized carbons (Fsp3) is 0.214. The van der Waals surface area contributed by atoms with Gasteiger partial charge in [0.05, 0.1) is 10.9 Å². The number of halogens is 1. The van der Waals surface area contributed by atoms with Gasteiger partial charge < -0.3 is 4.90 Å². The van der Waals surface area contributed by atoms with Crippen molar-refractivity contribution in [3.8, 4) is 0 Å². The van der Waals surface area contributed by atoms with Crippen LogP contribution in [0.3, 0.4) is 0 Å². The first kappa shape index (κ1) is 12.8. The van der Waals surface area contributed by atoms with Crippen LogP contribution in [0.1, 0.15) is 28.2 Å². The van der Waals surface area contributed by atoms with E-state index in [4.69, 9.17) is 0 Å². The van der Waals surface area contributed by atoms with Crippen LogP contribution < -0.4 is 0 Å². The van der Waals surface area contributed by atoms with Crippen molar-refractivity contribution in [1.29, 1.82) is 0 Å². The van der Waals surface area contributed by atoms with Crippen molar-refractivity contribution >= 4 is 17.2 Å². The van der Waals surface area contributed by atoms with Crippen molar-refractivity contribution in [2.75, 3.05) is 7.05 Å². The van der Waals surface area contributed by atoms with Crippen LogP contribution in [0.4, 0.5) is 4.39 Å². The molecule has 2 rings (SSSR count). The van der Waals surface area contributed by atoms with Gasteiger partial charge in [-0.15, -0.1) is 11.3 Å². The molecule has 0 saturated carbocycles. The molecule has 0 spiro atoms. The quantitative estimate of drug-likeness (QED) is 0.826. The average Bonchev–Trinajstić information content (AvgIpc) is 2.90. The van der Waals surface area contributed by atoms with E-state index in [0.29, 0.717) is 10.4 Å². The Hall–Kier alpha value is -1.68. The Morgan fingerprint density at radius 2 is 2.00 bits per heavy atom. The van der Waals surface area contributed by atoms with E-state index in [1.54, 1.807) is 36.2 Å². The number of nitrogens with zero attached hydrogens (tertiary/aromatic N) is 1. The lowest BCUT2D eigenvalue weighted by atomic mass is 10.1. The highest BCUT2D eigenvalue weighted by Gasteiger charge is 2.21. The van der Waals surface area contributed by atoms with Gasteiger partial charge in [-0.3, -0.25) is 4.79 Å². The molecule has 1 aromatic carbocycles. The van der Waals surface area contributed by atoms with Gasteiger partial charge in [0, 0.05) is 12.6 Å². The highest BCUT2D eigenvalue weighted by molar-refractivity contribution is 7.12. The minimum atomic E-state index is -0.291. The SMILES string of the molecule is CC(c1ccccc1F)N(C)C(=O)c1cccs1. The number of thiophene rings is 1. The van der Waals surface area contributed by atoms with Crippen molar-refractivity contribution in [2.24, 2.45) is 0 Å². The molecule has 0 radical (unpaired) electrons. The smallest absolute Gasteiger partial charge is 0.264 e. The monoisotopic (exact) mass is 263 g/mol. The highest BCUT2D eigenvalue weighted by Crippen LogP contribution is 2.24. The molecule has 94 valence electrons. The largest absolute Gasteiger partial charge is 0.334 e. The summed E-state index contributed by atoms with van der Waals surface area (Å²) in [4.78, 5) is 14.4. The summed E-state index contributed by atoms with van der Waals surface area (Å²) in [5.74, 6) is -0.364. The Morgan fingerprint density at radius 3 is 2.61 bits per heavy atom. The predicted octanol–water partition coefficient (Wildman–Crippen LogP) is 3.72. The second kappa shape index (κ2) is 5.31. The molecule has 1 heterocycles. The predicted molar refractivity (Wildman–Crippen MR) is 71.2 cm³/mol. The summed E-state index contributed by atoms with van der Waals surface area (Å²) in [7, 11) is 1.69. The minimum absolute atomic E-state index is 0.0826. The van der Waals surface area contributed by atoms with Gasteiger partial charge in [-0.05, 0) is 24.4 Å². The molecule has 18 heavy (non-hydrogen) atoms. The molecule has 0 fully saturated rings. The number of carbonyl (C=O) groups is 1. The van der Waals surface area contributed by atoms with E-state index in [0.717, 1.165) is 0 Å². The lowest BCUT2D eigenvalue weighted by Gasteiger charge is -2.25. The Labute approximate surface area is 110 Å². The van der Waals surface area contributed by atoms with Crippen molar-refractivity contribution in [3.05, 3.63) is 58.0 Å². The van der Waals surface area contributed by atoms with Gasteiger partial charge in [0.1, 0.15) is 5.82 Å². The van der Waals surface area contributed by atoms with Crippen LogP contribution in [-0.4, -0.2) is 17.9 Å². The average molecular weight is 263 g/mol. The van der Waals surface area contributed by atoms with Gasteiger partial charge in [-0.2, -0.15) is 0 Å². The highest BCUT2D eigenvalue weighted by atomic mass is 32.1. The first-order chi connectivity index (χ1) is 8.61. The van der Waals surface area contributed by atoms with Gasteiger partial charge in [0.2, 0.25) is 0 Å². The van der Waals surface area contributed by atoms with E-state index in [2.05, 4.69) is 0 Å². The molecule has 1 amide bonds. The van der Waals surface area contributed by atoms with Gasteiger partial charge in [-0.1, -0.05) is 24.3 Å². The second-order valence-electron chi connectivity index (χ2n) is 4.09. The molecular formula is C14H14FNOS. The van der Waals surface area contributed by atoms with E-state index in [1.165, 1.54) is 17.4 Å². The summed E-state index contributed by atoms with van der Waals surface area (Å²) in [6.45, 7) is 1.82. The minimum Gasteiger partial charge on any atom is -0.334 e. The number of hydrogen-bond donors (Lipinski definition) is 0. The summed E-state index contributed by atoms with van der Waals surface area (Å²) in [5.41, 5.74) is 0.532. The molecule has 0 N–H and O–H groups in total. The number of benzene rings is 1. The topological polar surface area (TPSA) is 20.3 Å². The Morgan fingerprint density at radius 1 is 1.28 bits per heavy atom. The zero-order valence-corrected chi connectivity index (χ0v) is 11.1. The van der Waals surface area contributed by atoms with Crippen LogP contribution in [0.25, 0.3) is 0 Å². The first-order valence-electron chi connectivity index (χ1n) is 5.66. The maximum absolute atomic E-state index is 13.7. The van der Waals surface area contributed by atoms with Crippen molar-refractivity contribution < 1.29 is 9.18 Å². The molecule has 1 unspecified atom stereocenters. The number of amides is 1. The van der Waals surface area contributed by atoms with Crippen LogP contribution in [-0.2, 0) is 0 Å². The molecule has 1 aromatic heterocycles. The van der Waals surface area contributed by atoms with E-state index < -0.39 is 0 Å². The summed E-state index contributed by atoms with van der Waals surface area (Å²) >= 11 is 1.39. The molecule has 4 heteroatoms. The van der Waals surface area contributed by atoms with Gasteiger partial charge in [0.15, 0.2) is 0 Å². The fourth-order valence-electron chi connectivity index (χ4n) is 1.77. The molecule has 1 atom stereocenters. The van der Waals surface area contributed by atoms with Crippen LogP contribution in [0.5, 0.6) is 0 Å². The second-order valence-corrected chi connectivity index (χ2v) is 5.04. The van der Waals surface area contributed by atoms with Gasteiger partial charge >= 0.3 is 0 Å². The fourth-order valence-corrected chi connectivity index (χ4v) is 2.48. The summed E-state index contributed by atoms with van der Waals surface area (Å²) in [5, 5.41) is 1.86. The molecule has 0 aliphatic carbocycles. The van der Waals surface area contributed by atoms with Crippen LogP contribution >= 0.6 is 11.3 Å². The van der Waals surface area contributed by atoms with Crippen molar-refractivity contribution in [3.63, 3.8) is 0 Å². The maximum atomic E-state index is 13.7. The lowest BCUT2D eigenvalue weighted by molar-refractivity contribution is 0.0745. The third-order valence-corrected chi connectivity index (χ3v) is 3.85. The summed E-state index contributed by atoms with van der Waals surface area (Å²) in [6, 6.07) is 9.86. The molecule has 2 nitrogen and oxygen atoms in total. The molecule has 0 bridgehead atoms. The number of rotatable bonds is 3. The third kappa shape index (κ3) is 2.43. The normalized spacial score (nSPS) is 12.2. The summed E-state index contributed by atoms with van der Waals surface area (Å²) in [6.07, 6.45) is 0. The maximum Gasteiger partial charge on any atom is 0.264 e. The van der Waals surface area contributed by atoms with Crippen LogP contribution in [0, 0.1) is 5.82 Å². The standard InChI is InChI=1S/C14H14FNOS/c1-10(11-6-3-4-7-12(11)15)16(2)14(17)13-8-5-9-18-13/h3-10H,1-2H3. The van der Waals surface area contributed by atoms with E-state index >= 15 is 0 Å². The van der Waals surface area contributed by atoms with E-state index in [1.807, 2.05) is 18.4 Å². The van der Waals surface area contributed by atoms with Gasteiger partial charge in [-0.25, -0.2) is 4.39 Å². The molecule has 0 saturated heterocycles. The molecule has 0 aliphatic rings. The Kier molecular flexibility index (Phi) is 3.77. The Bertz CT molecular complexity index is 538. The Balaban J connectivity index is 2.22. The lowest BCUT2D eigenvalue weighted by Crippen LogP contribution is -2.29. The third-order valence-electron chi connectivity index (χ3n) is 2.99. The molecular weight excluding hydrogens is 249 g/mol. The summed E-state index contributed by atoms with van der Waals surface area (Å²) < 4.78 is 13.7. The van der Waals surface area contributed by atoms with Gasteiger partial charge in [0.25, 0.3) is 5.91 Å². The van der Waals surface area contributed by atoms with Crippen LogP contribution in [0.15, 0.2) is 41.8 Å². The zero-order valence-electron chi connectivity index (χ0n) is 10.3. The van der Waals surface area contributed by atoms with E-state index in [-0.39, 0.29) is 17.8 Å².